The van der Waals surface area contributed by atoms with Crippen molar-refractivity contribution >= 4 is 0 Å². The lowest BCUT2D eigenvalue weighted by Crippen LogP contribution is -2.35. The molecule has 0 radical (unpaired) electrons. The van der Waals surface area contributed by atoms with Crippen LogP contribution in [0.3, 0.4) is 0 Å². The van der Waals surface area contributed by atoms with Crippen molar-refractivity contribution in [1.82, 2.24) is 14.7 Å². The molecule has 0 saturated heterocycles. The molecule has 0 amide bonds. The molecule has 0 aliphatic carbocycles. The predicted molar refractivity (Wildman–Crippen MR) is 143 cm³/mol. The summed E-state index contributed by atoms with van der Waals surface area (Å²) in [5.74, 6) is 1.45. The number of aryl methyl sites for hydroxylation is 1. The number of methoxy groups -OCH3 is 1. The number of rotatable bonds is 13. The second-order valence-electron chi connectivity index (χ2n) is 8.82. The minimum atomic E-state index is -0.503. The molecule has 4 aromatic rings. The lowest BCUT2D eigenvalue weighted by molar-refractivity contribution is 0.0846. The van der Waals surface area contributed by atoms with Crippen LogP contribution < -0.4 is 4.74 Å². The molecule has 1 aromatic heterocycles. The van der Waals surface area contributed by atoms with Gasteiger partial charge in [0, 0.05) is 26.7 Å². The van der Waals surface area contributed by atoms with E-state index in [9.17, 15) is 5.11 Å². The number of ether oxygens (including phenoxy) is 2. The second kappa shape index (κ2) is 13.0. The number of hydrogen-bond acceptors (Lipinski definition) is 5. The van der Waals surface area contributed by atoms with Crippen molar-refractivity contribution in [3.8, 4) is 17.3 Å². The Morgan fingerprint density at radius 1 is 0.917 bits per heavy atom. The largest absolute Gasteiger partial charge is 0.439 e. The quantitative estimate of drug-likeness (QED) is 0.279. The van der Waals surface area contributed by atoms with Gasteiger partial charge in [-0.2, -0.15) is 5.10 Å². The molecule has 3 aromatic carbocycles. The van der Waals surface area contributed by atoms with Crippen molar-refractivity contribution in [1.29, 1.82) is 0 Å². The average molecular weight is 486 g/mol. The summed E-state index contributed by atoms with van der Waals surface area (Å²) >= 11 is 0. The van der Waals surface area contributed by atoms with Gasteiger partial charge in [-0.1, -0.05) is 73.7 Å². The lowest BCUT2D eigenvalue weighted by Gasteiger charge is -2.25. The first-order valence-corrected chi connectivity index (χ1v) is 12.5. The first kappa shape index (κ1) is 25.6. The molecule has 1 unspecified atom stereocenters. The third-order valence-corrected chi connectivity index (χ3v) is 6.09. The number of aliphatic hydroxyl groups excluding tert-OH is 1. The fourth-order valence-electron chi connectivity index (χ4n) is 4.30. The Bertz CT molecular complexity index is 1180. The van der Waals surface area contributed by atoms with E-state index in [2.05, 4.69) is 11.8 Å². The van der Waals surface area contributed by atoms with E-state index in [4.69, 9.17) is 14.6 Å². The fourth-order valence-corrected chi connectivity index (χ4v) is 4.30. The third-order valence-electron chi connectivity index (χ3n) is 6.09. The van der Waals surface area contributed by atoms with E-state index >= 15 is 0 Å². The van der Waals surface area contributed by atoms with E-state index in [0.29, 0.717) is 38.5 Å². The molecule has 1 atom stereocenters. The van der Waals surface area contributed by atoms with Crippen molar-refractivity contribution in [3.05, 3.63) is 108 Å². The minimum Gasteiger partial charge on any atom is -0.439 e. The lowest BCUT2D eigenvalue weighted by atomic mass is 10.1. The van der Waals surface area contributed by atoms with Crippen LogP contribution in [-0.2, 0) is 24.1 Å². The molecule has 6 heteroatoms. The maximum Gasteiger partial charge on any atom is 0.227 e. The topological polar surface area (TPSA) is 59.8 Å². The molecule has 0 aliphatic rings. The Labute approximate surface area is 213 Å². The normalized spacial score (nSPS) is 12.1. The molecular formula is C30H35N3O3. The number of aromatic nitrogens is 2. The monoisotopic (exact) mass is 485 g/mol. The summed E-state index contributed by atoms with van der Waals surface area (Å²) < 4.78 is 13.7. The SMILES string of the molecule is CCc1nn(-c2ccccc2)c(Oc2ccccc2)c1CN(CCOC)CC(O)Cc1ccccc1. The van der Waals surface area contributed by atoms with Gasteiger partial charge in [-0.05, 0) is 42.7 Å². The summed E-state index contributed by atoms with van der Waals surface area (Å²) in [6, 6.07) is 29.9. The van der Waals surface area contributed by atoms with E-state index in [1.165, 1.54) is 0 Å². The van der Waals surface area contributed by atoms with Gasteiger partial charge in [0.15, 0.2) is 0 Å². The van der Waals surface area contributed by atoms with Gasteiger partial charge in [0.1, 0.15) is 5.75 Å². The molecule has 0 aliphatic heterocycles. The summed E-state index contributed by atoms with van der Waals surface area (Å²) in [5.41, 5.74) is 4.06. The van der Waals surface area contributed by atoms with Crippen molar-refractivity contribution in [2.45, 2.75) is 32.4 Å². The highest BCUT2D eigenvalue weighted by molar-refractivity contribution is 5.43. The molecule has 0 saturated carbocycles. The number of benzene rings is 3. The molecule has 1 heterocycles. The second-order valence-corrected chi connectivity index (χ2v) is 8.82. The minimum absolute atomic E-state index is 0.503. The zero-order valence-corrected chi connectivity index (χ0v) is 21.1. The Balaban J connectivity index is 1.65. The van der Waals surface area contributed by atoms with Crippen molar-refractivity contribution in [2.24, 2.45) is 0 Å². The van der Waals surface area contributed by atoms with E-state index in [-0.39, 0.29) is 0 Å². The van der Waals surface area contributed by atoms with Crippen LogP contribution in [0.2, 0.25) is 0 Å². The molecular weight excluding hydrogens is 450 g/mol. The molecule has 6 nitrogen and oxygen atoms in total. The molecule has 188 valence electrons. The van der Waals surface area contributed by atoms with Gasteiger partial charge in [-0.3, -0.25) is 4.90 Å². The molecule has 0 spiro atoms. The van der Waals surface area contributed by atoms with E-state index in [0.717, 1.165) is 34.7 Å². The summed E-state index contributed by atoms with van der Waals surface area (Å²) in [6.45, 7) is 4.47. The van der Waals surface area contributed by atoms with Crippen LogP contribution in [0.1, 0.15) is 23.7 Å². The van der Waals surface area contributed by atoms with Crippen LogP contribution >= 0.6 is 0 Å². The standard InChI is InChI=1S/C30H35N3O3/c1-3-29-28(23-32(19-20-35-2)22-26(34)21-24-13-7-4-8-14-24)30(36-27-17-11-6-12-18-27)33(31-29)25-15-9-5-10-16-25/h4-18,26,34H,3,19-23H2,1-2H3. The van der Waals surface area contributed by atoms with Gasteiger partial charge in [-0.15, -0.1) is 0 Å². The molecule has 0 bridgehead atoms. The average Bonchev–Trinajstić information content (AvgIpc) is 3.25. The van der Waals surface area contributed by atoms with Crippen molar-refractivity contribution in [2.75, 3.05) is 26.8 Å². The highest BCUT2D eigenvalue weighted by Gasteiger charge is 2.23. The zero-order valence-electron chi connectivity index (χ0n) is 21.1. The molecule has 36 heavy (non-hydrogen) atoms. The van der Waals surface area contributed by atoms with Crippen molar-refractivity contribution in [3.63, 3.8) is 0 Å². The summed E-state index contributed by atoms with van der Waals surface area (Å²) in [4.78, 5) is 2.22. The molecule has 0 fully saturated rings. The molecule has 1 N–H and O–H groups in total. The van der Waals surface area contributed by atoms with Crippen LogP contribution in [0, 0.1) is 0 Å². The van der Waals surface area contributed by atoms with E-state index in [1.54, 1.807) is 7.11 Å². The fraction of sp³-hybridized carbons (Fsp3) is 0.300. The van der Waals surface area contributed by atoms with Crippen LogP contribution in [-0.4, -0.2) is 52.7 Å². The number of nitrogens with zero attached hydrogens (tertiary/aromatic N) is 3. The first-order chi connectivity index (χ1) is 17.7. The van der Waals surface area contributed by atoms with Gasteiger partial charge >= 0.3 is 0 Å². The van der Waals surface area contributed by atoms with Crippen LogP contribution in [0.25, 0.3) is 5.69 Å². The summed E-state index contributed by atoms with van der Waals surface area (Å²) in [6.07, 6.45) is 0.865. The van der Waals surface area contributed by atoms with Gasteiger partial charge in [0.2, 0.25) is 5.88 Å². The Morgan fingerprint density at radius 2 is 1.56 bits per heavy atom. The van der Waals surface area contributed by atoms with Crippen LogP contribution in [0.15, 0.2) is 91.0 Å². The predicted octanol–water partition coefficient (Wildman–Crippen LogP) is 5.28. The van der Waals surface area contributed by atoms with Crippen molar-refractivity contribution < 1.29 is 14.6 Å². The van der Waals surface area contributed by atoms with E-state index in [1.807, 2.05) is 95.7 Å². The Kier molecular flexibility index (Phi) is 9.27. The zero-order chi connectivity index (χ0) is 25.2. The number of aliphatic hydroxyl groups is 1. The highest BCUT2D eigenvalue weighted by atomic mass is 16.5. The smallest absolute Gasteiger partial charge is 0.227 e. The Hall–Kier alpha value is -3.45. The first-order valence-electron chi connectivity index (χ1n) is 12.5. The number of hydrogen-bond donors (Lipinski definition) is 1. The number of para-hydroxylation sites is 2. The maximum absolute atomic E-state index is 10.9. The van der Waals surface area contributed by atoms with Gasteiger partial charge in [0.05, 0.1) is 29.7 Å². The summed E-state index contributed by atoms with van der Waals surface area (Å²) in [7, 11) is 1.70. The highest BCUT2D eigenvalue weighted by Crippen LogP contribution is 2.32. The van der Waals surface area contributed by atoms with Crippen LogP contribution in [0.5, 0.6) is 11.6 Å². The Morgan fingerprint density at radius 3 is 2.19 bits per heavy atom. The van der Waals surface area contributed by atoms with E-state index < -0.39 is 6.10 Å². The van der Waals surface area contributed by atoms with Gasteiger partial charge in [0.25, 0.3) is 0 Å². The van der Waals surface area contributed by atoms with Gasteiger partial charge in [-0.25, -0.2) is 4.68 Å². The summed E-state index contributed by atoms with van der Waals surface area (Å²) in [5, 5.41) is 15.9. The third kappa shape index (κ3) is 6.82. The van der Waals surface area contributed by atoms with Crippen LogP contribution in [0.4, 0.5) is 0 Å². The molecule has 4 rings (SSSR count). The van der Waals surface area contributed by atoms with Gasteiger partial charge < -0.3 is 14.6 Å². The maximum atomic E-state index is 10.9.